The van der Waals surface area contributed by atoms with Gasteiger partial charge >= 0.3 is 0 Å². The molecule has 0 fully saturated rings. The second kappa shape index (κ2) is 8.15. The lowest BCUT2D eigenvalue weighted by Gasteiger charge is -2.27. The van der Waals surface area contributed by atoms with Crippen LogP contribution in [0.2, 0.25) is 0 Å². The van der Waals surface area contributed by atoms with E-state index in [4.69, 9.17) is 5.73 Å². The second-order valence-electron chi connectivity index (χ2n) is 5.63. The van der Waals surface area contributed by atoms with Crippen LogP contribution < -0.4 is 5.73 Å². The monoisotopic (exact) mass is 213 g/mol. The molecular weight excluding hydrogens is 182 g/mol. The maximum Gasteiger partial charge on any atom is 0.0123 e. The fourth-order valence-corrected chi connectivity index (χ4v) is 1.78. The SMILES string of the molecule is CCCCCCCCCC(C)C(C)(C)N. The molecule has 1 unspecified atom stereocenters. The molecule has 0 bridgehead atoms. The normalized spacial score (nSPS) is 14.2. The highest BCUT2D eigenvalue weighted by atomic mass is 14.7. The second-order valence-corrected chi connectivity index (χ2v) is 5.63. The first kappa shape index (κ1) is 15.0. The van der Waals surface area contributed by atoms with Crippen molar-refractivity contribution in [1.82, 2.24) is 0 Å². The van der Waals surface area contributed by atoms with Crippen molar-refractivity contribution >= 4 is 0 Å². The van der Waals surface area contributed by atoms with Crippen LogP contribution in [-0.2, 0) is 0 Å². The number of hydrogen-bond acceptors (Lipinski definition) is 1. The van der Waals surface area contributed by atoms with E-state index in [0.29, 0.717) is 5.92 Å². The summed E-state index contributed by atoms with van der Waals surface area (Å²) in [6.45, 7) is 8.82. The van der Waals surface area contributed by atoms with E-state index in [1.165, 1.54) is 51.4 Å². The van der Waals surface area contributed by atoms with Crippen LogP contribution >= 0.6 is 0 Å². The number of rotatable bonds is 9. The van der Waals surface area contributed by atoms with Crippen LogP contribution in [0.25, 0.3) is 0 Å². The summed E-state index contributed by atoms with van der Waals surface area (Å²) >= 11 is 0. The van der Waals surface area contributed by atoms with Gasteiger partial charge < -0.3 is 5.73 Å². The summed E-state index contributed by atoms with van der Waals surface area (Å²) in [4.78, 5) is 0. The van der Waals surface area contributed by atoms with Crippen LogP contribution in [-0.4, -0.2) is 5.54 Å². The highest BCUT2D eigenvalue weighted by Gasteiger charge is 2.19. The van der Waals surface area contributed by atoms with Gasteiger partial charge in [0.05, 0.1) is 0 Å². The molecule has 1 heteroatoms. The number of hydrogen-bond donors (Lipinski definition) is 1. The quantitative estimate of drug-likeness (QED) is 0.561. The zero-order chi connectivity index (χ0) is 11.7. The van der Waals surface area contributed by atoms with Gasteiger partial charge in [-0.1, -0.05) is 58.8 Å². The molecule has 0 aromatic carbocycles. The Kier molecular flexibility index (Phi) is 8.13. The molecule has 2 N–H and O–H groups in total. The highest BCUT2D eigenvalue weighted by molar-refractivity contribution is 4.78. The first-order valence-electron chi connectivity index (χ1n) is 6.77. The third-order valence-electron chi connectivity index (χ3n) is 3.51. The Bertz CT molecular complexity index is 135. The number of unbranched alkanes of at least 4 members (excludes halogenated alkanes) is 6. The van der Waals surface area contributed by atoms with Crippen molar-refractivity contribution in [2.75, 3.05) is 0 Å². The third-order valence-corrected chi connectivity index (χ3v) is 3.51. The lowest BCUT2D eigenvalue weighted by Crippen LogP contribution is -2.39. The minimum absolute atomic E-state index is 0.00219. The summed E-state index contributed by atoms with van der Waals surface area (Å²) in [5, 5.41) is 0. The Balaban J connectivity index is 3.24. The molecule has 0 aromatic rings. The van der Waals surface area contributed by atoms with Crippen molar-refractivity contribution in [3.8, 4) is 0 Å². The van der Waals surface area contributed by atoms with E-state index in [1.807, 2.05) is 0 Å². The maximum atomic E-state index is 6.06. The smallest absolute Gasteiger partial charge is 0.0123 e. The van der Waals surface area contributed by atoms with E-state index in [1.54, 1.807) is 0 Å². The van der Waals surface area contributed by atoms with Crippen molar-refractivity contribution in [2.24, 2.45) is 11.7 Å². The molecule has 1 atom stereocenters. The Morgan fingerprint density at radius 3 is 1.87 bits per heavy atom. The minimum Gasteiger partial charge on any atom is -0.325 e. The summed E-state index contributed by atoms with van der Waals surface area (Å²) in [6, 6.07) is 0. The summed E-state index contributed by atoms with van der Waals surface area (Å²) in [6.07, 6.45) is 11.1. The zero-order valence-corrected chi connectivity index (χ0v) is 11.3. The molecule has 0 rings (SSSR count). The zero-order valence-electron chi connectivity index (χ0n) is 11.3. The molecule has 92 valence electrons. The van der Waals surface area contributed by atoms with E-state index in [0.717, 1.165) is 0 Å². The van der Waals surface area contributed by atoms with Gasteiger partial charge in [0.15, 0.2) is 0 Å². The van der Waals surface area contributed by atoms with Crippen molar-refractivity contribution in [3.05, 3.63) is 0 Å². The molecule has 0 aliphatic rings. The molecule has 0 saturated heterocycles. The molecule has 0 spiro atoms. The predicted molar refractivity (Wildman–Crippen MR) is 70.0 cm³/mol. The largest absolute Gasteiger partial charge is 0.325 e. The molecule has 0 aliphatic heterocycles. The van der Waals surface area contributed by atoms with Gasteiger partial charge in [-0.15, -0.1) is 0 Å². The summed E-state index contributed by atoms with van der Waals surface area (Å²) in [7, 11) is 0. The fourth-order valence-electron chi connectivity index (χ4n) is 1.78. The maximum absolute atomic E-state index is 6.06. The van der Waals surface area contributed by atoms with Crippen molar-refractivity contribution in [1.29, 1.82) is 0 Å². The lowest BCUT2D eigenvalue weighted by molar-refractivity contribution is 0.316. The van der Waals surface area contributed by atoms with Gasteiger partial charge in [-0.2, -0.15) is 0 Å². The van der Waals surface area contributed by atoms with Crippen molar-refractivity contribution in [2.45, 2.75) is 84.6 Å². The van der Waals surface area contributed by atoms with Crippen LogP contribution in [0.1, 0.15) is 79.1 Å². The molecular formula is C14H31N. The topological polar surface area (TPSA) is 26.0 Å². The van der Waals surface area contributed by atoms with Gasteiger partial charge in [0.1, 0.15) is 0 Å². The van der Waals surface area contributed by atoms with Crippen LogP contribution in [0.3, 0.4) is 0 Å². The minimum atomic E-state index is 0.00219. The molecule has 0 amide bonds. The van der Waals surface area contributed by atoms with Gasteiger partial charge in [0.25, 0.3) is 0 Å². The van der Waals surface area contributed by atoms with Gasteiger partial charge in [0, 0.05) is 5.54 Å². The Morgan fingerprint density at radius 1 is 0.933 bits per heavy atom. The lowest BCUT2D eigenvalue weighted by atomic mass is 9.86. The van der Waals surface area contributed by atoms with Crippen molar-refractivity contribution < 1.29 is 0 Å². The highest BCUT2D eigenvalue weighted by Crippen LogP contribution is 2.20. The van der Waals surface area contributed by atoms with E-state index in [2.05, 4.69) is 27.7 Å². The molecule has 1 nitrogen and oxygen atoms in total. The first-order chi connectivity index (χ1) is 6.98. The molecule has 15 heavy (non-hydrogen) atoms. The van der Waals surface area contributed by atoms with Gasteiger partial charge in [0.2, 0.25) is 0 Å². The Hall–Kier alpha value is -0.0400. The standard InChI is InChI=1S/C14H31N/c1-5-6-7-8-9-10-11-12-13(2)14(3,4)15/h13H,5-12,15H2,1-4H3. The van der Waals surface area contributed by atoms with Crippen LogP contribution in [0.15, 0.2) is 0 Å². The van der Waals surface area contributed by atoms with E-state index >= 15 is 0 Å². The number of nitrogens with two attached hydrogens (primary N) is 1. The Morgan fingerprint density at radius 2 is 1.40 bits per heavy atom. The van der Waals surface area contributed by atoms with Gasteiger partial charge in [-0.25, -0.2) is 0 Å². The average molecular weight is 213 g/mol. The molecule has 0 saturated carbocycles. The van der Waals surface area contributed by atoms with E-state index < -0.39 is 0 Å². The predicted octanol–water partition coefficient (Wildman–Crippen LogP) is 4.50. The summed E-state index contributed by atoms with van der Waals surface area (Å²) in [5.74, 6) is 0.646. The fraction of sp³-hybridized carbons (Fsp3) is 1.00. The molecule has 0 aliphatic carbocycles. The van der Waals surface area contributed by atoms with Gasteiger partial charge in [-0.05, 0) is 26.2 Å². The van der Waals surface area contributed by atoms with E-state index in [-0.39, 0.29) is 5.54 Å². The Labute approximate surface area is 96.8 Å². The van der Waals surface area contributed by atoms with Crippen molar-refractivity contribution in [3.63, 3.8) is 0 Å². The molecule has 0 heterocycles. The van der Waals surface area contributed by atoms with Crippen LogP contribution in [0.4, 0.5) is 0 Å². The summed E-state index contributed by atoms with van der Waals surface area (Å²) in [5.41, 5.74) is 6.06. The third kappa shape index (κ3) is 8.92. The summed E-state index contributed by atoms with van der Waals surface area (Å²) < 4.78 is 0. The first-order valence-corrected chi connectivity index (χ1v) is 6.77. The van der Waals surface area contributed by atoms with Crippen LogP contribution in [0, 0.1) is 5.92 Å². The van der Waals surface area contributed by atoms with E-state index in [9.17, 15) is 0 Å². The average Bonchev–Trinajstić information content (AvgIpc) is 2.14. The van der Waals surface area contributed by atoms with Crippen LogP contribution in [0.5, 0.6) is 0 Å². The molecule has 0 aromatic heterocycles. The van der Waals surface area contributed by atoms with Gasteiger partial charge in [-0.3, -0.25) is 0 Å². The molecule has 0 radical (unpaired) electrons.